The van der Waals surface area contributed by atoms with Crippen LogP contribution in [0.3, 0.4) is 0 Å². The van der Waals surface area contributed by atoms with Crippen molar-refractivity contribution < 1.29 is 9.90 Å². The maximum Gasteiger partial charge on any atom is 0.268 e. The minimum absolute atomic E-state index is 0.247. The van der Waals surface area contributed by atoms with Crippen molar-refractivity contribution in [1.29, 1.82) is 0 Å². The van der Waals surface area contributed by atoms with Gasteiger partial charge in [0.05, 0.1) is 5.52 Å². The third kappa shape index (κ3) is 1.99. The van der Waals surface area contributed by atoms with Crippen LogP contribution in [0.2, 0.25) is 0 Å². The predicted molar refractivity (Wildman–Crippen MR) is 73.5 cm³/mol. The van der Waals surface area contributed by atoms with Crippen molar-refractivity contribution >= 4 is 16.8 Å². The molecule has 0 radical (unpaired) electrons. The number of carbonyl (C=O) groups excluding carboxylic acids is 1. The Bertz CT molecular complexity index is 716. The molecule has 1 aromatic heterocycles. The highest BCUT2D eigenvalue weighted by atomic mass is 16.3. The Labute approximate surface area is 109 Å². The van der Waals surface area contributed by atoms with Crippen LogP contribution in [0.5, 0.6) is 5.75 Å². The molecule has 0 aliphatic rings. The lowest BCUT2D eigenvalue weighted by Gasteiger charge is -2.12. The number of aromatic hydroxyl groups is 1. The average Bonchev–Trinajstić information content (AvgIpc) is 2.43. The van der Waals surface area contributed by atoms with Crippen LogP contribution in [0.4, 0.5) is 0 Å². The Balaban J connectivity index is 2.95. The highest BCUT2D eigenvalue weighted by molar-refractivity contribution is 6.02. The normalized spacial score (nSPS) is 10.4. The summed E-state index contributed by atoms with van der Waals surface area (Å²) in [4.78, 5) is 24.0. The lowest BCUT2D eigenvalue weighted by atomic mass is 10.1. The van der Waals surface area contributed by atoms with Crippen LogP contribution >= 0.6 is 0 Å². The molecule has 0 bridgehead atoms. The second-order valence-electron chi connectivity index (χ2n) is 4.02. The summed E-state index contributed by atoms with van der Waals surface area (Å²) < 4.78 is 1.41. The molecular formula is C14H14N2O3. The first kappa shape index (κ1) is 12.9. The van der Waals surface area contributed by atoms with Gasteiger partial charge in [0.2, 0.25) is 0 Å². The highest BCUT2D eigenvalue weighted by Crippen LogP contribution is 2.26. The Morgan fingerprint density at radius 3 is 2.79 bits per heavy atom. The van der Waals surface area contributed by atoms with Gasteiger partial charge in [-0.05, 0) is 12.1 Å². The van der Waals surface area contributed by atoms with Crippen molar-refractivity contribution in [3.63, 3.8) is 0 Å². The smallest absolute Gasteiger partial charge is 0.268 e. The van der Waals surface area contributed by atoms with E-state index in [-0.39, 0.29) is 17.9 Å². The number of para-hydroxylation sites is 1. The zero-order valence-electron chi connectivity index (χ0n) is 10.5. The number of allylic oxidation sites excluding steroid dienone is 1. The zero-order chi connectivity index (χ0) is 14.0. The molecule has 19 heavy (non-hydrogen) atoms. The number of nitrogens with one attached hydrogen (secondary N) is 1. The number of fused-ring (bicyclic) bond motifs is 1. The Hall–Kier alpha value is -2.56. The SMILES string of the molecule is C=CCn1c(=O)c(C(=O)NC)c(O)c2ccccc21. The Morgan fingerprint density at radius 2 is 2.16 bits per heavy atom. The molecular weight excluding hydrogens is 244 g/mol. The van der Waals surface area contributed by atoms with Gasteiger partial charge in [0.25, 0.3) is 11.5 Å². The Kier molecular flexibility index (Phi) is 3.37. The van der Waals surface area contributed by atoms with Gasteiger partial charge < -0.3 is 15.0 Å². The monoisotopic (exact) mass is 258 g/mol. The van der Waals surface area contributed by atoms with Crippen LogP contribution < -0.4 is 10.9 Å². The van der Waals surface area contributed by atoms with Gasteiger partial charge in [-0.3, -0.25) is 9.59 Å². The molecule has 0 aliphatic carbocycles. The average molecular weight is 258 g/mol. The summed E-state index contributed by atoms with van der Waals surface area (Å²) in [6.45, 7) is 3.87. The number of hydrogen-bond donors (Lipinski definition) is 2. The largest absolute Gasteiger partial charge is 0.506 e. The number of nitrogens with zero attached hydrogens (tertiary/aromatic N) is 1. The quantitative estimate of drug-likeness (QED) is 0.814. The molecule has 98 valence electrons. The van der Waals surface area contributed by atoms with E-state index in [1.165, 1.54) is 11.6 Å². The molecule has 0 atom stereocenters. The molecule has 0 saturated carbocycles. The van der Waals surface area contributed by atoms with E-state index < -0.39 is 11.5 Å². The first-order valence-electron chi connectivity index (χ1n) is 5.79. The van der Waals surface area contributed by atoms with Crippen molar-refractivity contribution in [3.05, 3.63) is 52.8 Å². The van der Waals surface area contributed by atoms with Crippen molar-refractivity contribution in [2.45, 2.75) is 6.54 Å². The molecule has 1 heterocycles. The third-order valence-electron chi connectivity index (χ3n) is 2.91. The topological polar surface area (TPSA) is 71.3 Å². The second-order valence-corrected chi connectivity index (χ2v) is 4.02. The predicted octanol–water partition coefficient (Wildman–Crippen LogP) is 1.25. The van der Waals surface area contributed by atoms with Crippen molar-refractivity contribution in [2.24, 2.45) is 0 Å². The Morgan fingerprint density at radius 1 is 1.47 bits per heavy atom. The van der Waals surface area contributed by atoms with E-state index in [1.54, 1.807) is 30.3 Å². The van der Waals surface area contributed by atoms with Gasteiger partial charge in [-0.25, -0.2) is 0 Å². The van der Waals surface area contributed by atoms with Crippen molar-refractivity contribution in [2.75, 3.05) is 7.05 Å². The van der Waals surface area contributed by atoms with E-state index in [4.69, 9.17) is 0 Å². The minimum Gasteiger partial charge on any atom is -0.506 e. The lowest BCUT2D eigenvalue weighted by molar-refractivity contribution is 0.0958. The standard InChI is InChI=1S/C14H14N2O3/c1-3-8-16-10-7-5-4-6-9(10)12(17)11(14(16)19)13(18)15-2/h3-7,17H,1,8H2,2H3,(H,15,18). The number of amides is 1. The van der Waals surface area contributed by atoms with E-state index in [9.17, 15) is 14.7 Å². The molecule has 2 aromatic rings. The number of benzene rings is 1. The fourth-order valence-corrected chi connectivity index (χ4v) is 2.03. The molecule has 0 fully saturated rings. The fraction of sp³-hybridized carbons (Fsp3) is 0.143. The lowest BCUT2D eigenvalue weighted by Crippen LogP contribution is -2.31. The van der Waals surface area contributed by atoms with Crippen molar-refractivity contribution in [1.82, 2.24) is 9.88 Å². The van der Waals surface area contributed by atoms with E-state index in [0.29, 0.717) is 10.9 Å². The van der Waals surface area contributed by atoms with Gasteiger partial charge >= 0.3 is 0 Å². The van der Waals surface area contributed by atoms with Crippen LogP contribution in [-0.4, -0.2) is 22.6 Å². The number of carbonyl (C=O) groups is 1. The van der Waals surface area contributed by atoms with Crippen molar-refractivity contribution in [3.8, 4) is 5.75 Å². The van der Waals surface area contributed by atoms with Gasteiger partial charge in [0, 0.05) is 19.0 Å². The van der Waals surface area contributed by atoms with Crippen LogP contribution in [0, 0.1) is 0 Å². The molecule has 0 spiro atoms. The van der Waals surface area contributed by atoms with Gasteiger partial charge in [0.1, 0.15) is 11.3 Å². The van der Waals surface area contributed by atoms with E-state index in [0.717, 1.165) is 0 Å². The highest BCUT2D eigenvalue weighted by Gasteiger charge is 2.20. The minimum atomic E-state index is -0.605. The van der Waals surface area contributed by atoms with E-state index >= 15 is 0 Å². The molecule has 2 rings (SSSR count). The summed E-state index contributed by atoms with van der Waals surface area (Å²) in [6.07, 6.45) is 1.57. The van der Waals surface area contributed by atoms with Crippen LogP contribution in [-0.2, 0) is 6.54 Å². The number of pyridine rings is 1. The molecule has 5 heteroatoms. The van der Waals surface area contributed by atoms with Crippen LogP contribution in [0.15, 0.2) is 41.7 Å². The summed E-state index contributed by atoms with van der Waals surface area (Å²) in [5, 5.41) is 12.9. The molecule has 0 unspecified atom stereocenters. The molecule has 1 amide bonds. The summed E-state index contributed by atoms with van der Waals surface area (Å²) in [6, 6.07) is 6.88. The number of rotatable bonds is 3. The van der Waals surface area contributed by atoms with Gasteiger partial charge in [-0.15, -0.1) is 6.58 Å². The van der Waals surface area contributed by atoms with E-state index in [1.807, 2.05) is 0 Å². The first-order chi connectivity index (χ1) is 9.11. The van der Waals surface area contributed by atoms with Gasteiger partial charge in [0.15, 0.2) is 0 Å². The zero-order valence-corrected chi connectivity index (χ0v) is 10.5. The summed E-state index contributed by atoms with van der Waals surface area (Å²) in [5.74, 6) is -0.897. The molecule has 0 saturated heterocycles. The van der Waals surface area contributed by atoms with Crippen LogP contribution in [0.25, 0.3) is 10.9 Å². The molecule has 1 aromatic carbocycles. The van der Waals surface area contributed by atoms with Gasteiger partial charge in [-0.2, -0.15) is 0 Å². The fourth-order valence-electron chi connectivity index (χ4n) is 2.03. The molecule has 2 N–H and O–H groups in total. The second kappa shape index (κ2) is 4.97. The summed E-state index contributed by atoms with van der Waals surface area (Å²) >= 11 is 0. The summed E-state index contributed by atoms with van der Waals surface area (Å²) in [7, 11) is 1.41. The molecule has 5 nitrogen and oxygen atoms in total. The first-order valence-corrected chi connectivity index (χ1v) is 5.79. The number of aromatic nitrogens is 1. The third-order valence-corrected chi connectivity index (χ3v) is 2.91. The van der Waals surface area contributed by atoms with Crippen LogP contribution in [0.1, 0.15) is 10.4 Å². The number of hydrogen-bond acceptors (Lipinski definition) is 3. The van der Waals surface area contributed by atoms with Gasteiger partial charge in [-0.1, -0.05) is 18.2 Å². The molecule has 0 aliphatic heterocycles. The summed E-state index contributed by atoms with van der Waals surface area (Å²) in [5.41, 5.74) is -0.212. The maximum absolute atomic E-state index is 12.3. The van der Waals surface area contributed by atoms with E-state index in [2.05, 4.69) is 11.9 Å². The maximum atomic E-state index is 12.3.